The lowest BCUT2D eigenvalue weighted by Crippen LogP contribution is -2.42. The van der Waals surface area contributed by atoms with Crippen LogP contribution in [0.5, 0.6) is 0 Å². The van der Waals surface area contributed by atoms with Gasteiger partial charge in [-0.1, -0.05) is 18.3 Å². The molecule has 0 spiro atoms. The van der Waals surface area contributed by atoms with Crippen molar-refractivity contribution in [2.24, 2.45) is 5.92 Å². The third kappa shape index (κ3) is 2.61. The maximum atomic E-state index is 11.8. The predicted molar refractivity (Wildman–Crippen MR) is 76.9 cm³/mol. The monoisotopic (exact) mass is 294 g/mol. The van der Waals surface area contributed by atoms with Gasteiger partial charge in [0.25, 0.3) is 5.56 Å². The molecule has 1 N–H and O–H groups in total. The standard InChI is InChI=1S/C13H18N4O2S/c1-8-3-4-16(6-10(8)18)7-11-15-17-12(19)5-9(2)14-13(17)20-11/h5,8,10,18H,3-4,6-7H2,1-2H3. The maximum Gasteiger partial charge on any atom is 0.275 e. The molecule has 20 heavy (non-hydrogen) atoms. The van der Waals surface area contributed by atoms with Crippen molar-refractivity contribution in [1.29, 1.82) is 0 Å². The molecule has 0 radical (unpaired) electrons. The number of nitrogens with zero attached hydrogens (tertiary/aromatic N) is 4. The Labute approximate surface area is 120 Å². The summed E-state index contributed by atoms with van der Waals surface area (Å²) in [5, 5.41) is 15.1. The summed E-state index contributed by atoms with van der Waals surface area (Å²) >= 11 is 1.44. The molecule has 2 aromatic rings. The molecule has 0 aromatic carbocycles. The highest BCUT2D eigenvalue weighted by atomic mass is 32.1. The third-order valence-electron chi connectivity index (χ3n) is 3.78. The van der Waals surface area contributed by atoms with Crippen LogP contribution in [-0.4, -0.2) is 43.8 Å². The number of likely N-dealkylation sites (tertiary alicyclic amines) is 1. The lowest BCUT2D eigenvalue weighted by Gasteiger charge is -2.33. The molecule has 3 rings (SSSR count). The van der Waals surface area contributed by atoms with E-state index in [2.05, 4.69) is 21.9 Å². The van der Waals surface area contributed by atoms with Crippen molar-refractivity contribution in [2.75, 3.05) is 13.1 Å². The summed E-state index contributed by atoms with van der Waals surface area (Å²) < 4.78 is 1.36. The van der Waals surface area contributed by atoms with Crippen LogP contribution in [0.3, 0.4) is 0 Å². The molecule has 0 amide bonds. The van der Waals surface area contributed by atoms with Crippen molar-refractivity contribution in [3.63, 3.8) is 0 Å². The van der Waals surface area contributed by atoms with Gasteiger partial charge in [-0.05, 0) is 25.8 Å². The summed E-state index contributed by atoms with van der Waals surface area (Å²) in [5.74, 6) is 0.355. The largest absolute Gasteiger partial charge is 0.392 e. The molecule has 1 aliphatic heterocycles. The number of aliphatic hydroxyl groups excluding tert-OH is 1. The van der Waals surface area contributed by atoms with E-state index in [1.165, 1.54) is 21.9 Å². The molecule has 108 valence electrons. The Morgan fingerprint density at radius 3 is 3.10 bits per heavy atom. The zero-order chi connectivity index (χ0) is 14.3. The van der Waals surface area contributed by atoms with Crippen molar-refractivity contribution in [2.45, 2.75) is 32.9 Å². The number of aliphatic hydroxyl groups is 1. The minimum atomic E-state index is -0.277. The third-order valence-corrected chi connectivity index (χ3v) is 4.67. The molecule has 0 saturated carbocycles. The first-order valence-electron chi connectivity index (χ1n) is 6.80. The molecular weight excluding hydrogens is 276 g/mol. The number of hydrogen-bond acceptors (Lipinski definition) is 6. The van der Waals surface area contributed by atoms with Gasteiger partial charge >= 0.3 is 0 Å². The van der Waals surface area contributed by atoms with E-state index in [0.717, 1.165) is 18.0 Å². The number of piperidine rings is 1. The van der Waals surface area contributed by atoms with Crippen LogP contribution in [0.15, 0.2) is 10.9 Å². The molecule has 2 aromatic heterocycles. The quantitative estimate of drug-likeness (QED) is 0.881. The molecular formula is C13H18N4O2S. The molecule has 0 aliphatic carbocycles. The Morgan fingerprint density at radius 1 is 1.55 bits per heavy atom. The van der Waals surface area contributed by atoms with Crippen LogP contribution in [0, 0.1) is 12.8 Å². The second kappa shape index (κ2) is 5.23. The summed E-state index contributed by atoms with van der Waals surface area (Å²) in [5.41, 5.74) is 0.578. The fourth-order valence-corrected chi connectivity index (χ4v) is 3.46. The van der Waals surface area contributed by atoms with E-state index in [1.54, 1.807) is 0 Å². The topological polar surface area (TPSA) is 70.7 Å². The molecule has 7 heteroatoms. The molecule has 2 unspecified atom stereocenters. The van der Waals surface area contributed by atoms with Gasteiger partial charge < -0.3 is 5.11 Å². The van der Waals surface area contributed by atoms with Gasteiger partial charge in [0.15, 0.2) is 0 Å². The SMILES string of the molecule is Cc1cc(=O)n2nc(CN3CCC(C)C(O)C3)sc2n1. The summed E-state index contributed by atoms with van der Waals surface area (Å²) in [6.45, 7) is 6.17. The van der Waals surface area contributed by atoms with Crippen LogP contribution in [-0.2, 0) is 6.54 Å². The molecule has 0 bridgehead atoms. The Kier molecular flexibility index (Phi) is 3.57. The van der Waals surface area contributed by atoms with Crippen LogP contribution >= 0.6 is 11.3 Å². The van der Waals surface area contributed by atoms with E-state index in [4.69, 9.17) is 0 Å². The summed E-state index contributed by atoms with van der Waals surface area (Å²) in [6.07, 6.45) is 0.713. The van der Waals surface area contributed by atoms with E-state index >= 15 is 0 Å². The van der Waals surface area contributed by atoms with Gasteiger partial charge in [0.2, 0.25) is 4.96 Å². The van der Waals surface area contributed by atoms with Crippen LogP contribution < -0.4 is 5.56 Å². The lowest BCUT2D eigenvalue weighted by molar-refractivity contribution is 0.0258. The molecule has 1 aliphatic rings. The smallest absolute Gasteiger partial charge is 0.275 e. The van der Waals surface area contributed by atoms with Gasteiger partial charge in [-0.3, -0.25) is 9.69 Å². The average molecular weight is 294 g/mol. The van der Waals surface area contributed by atoms with Gasteiger partial charge in [-0.25, -0.2) is 4.98 Å². The van der Waals surface area contributed by atoms with E-state index in [9.17, 15) is 9.90 Å². The van der Waals surface area contributed by atoms with Crippen molar-refractivity contribution < 1.29 is 5.11 Å². The van der Waals surface area contributed by atoms with Crippen LogP contribution in [0.1, 0.15) is 24.0 Å². The Morgan fingerprint density at radius 2 is 2.35 bits per heavy atom. The van der Waals surface area contributed by atoms with Gasteiger partial charge in [0.1, 0.15) is 5.01 Å². The molecule has 2 atom stereocenters. The lowest BCUT2D eigenvalue weighted by atomic mass is 9.96. The summed E-state index contributed by atoms with van der Waals surface area (Å²) in [7, 11) is 0. The van der Waals surface area contributed by atoms with E-state index in [-0.39, 0.29) is 11.7 Å². The second-order valence-electron chi connectivity index (χ2n) is 5.49. The Bertz CT molecular complexity index is 681. The first-order chi connectivity index (χ1) is 9.52. The summed E-state index contributed by atoms with van der Waals surface area (Å²) in [4.78, 5) is 19.0. The normalized spacial score (nSPS) is 24.4. The van der Waals surface area contributed by atoms with Gasteiger partial charge in [-0.2, -0.15) is 9.61 Å². The van der Waals surface area contributed by atoms with Gasteiger partial charge in [-0.15, -0.1) is 0 Å². The van der Waals surface area contributed by atoms with Crippen molar-refractivity contribution in [3.05, 3.63) is 27.1 Å². The Balaban J connectivity index is 1.81. The number of hydrogen-bond donors (Lipinski definition) is 1. The number of β-amino-alcohol motifs (C(OH)–C–C–N with tert-alkyl or cyclic N) is 1. The van der Waals surface area contributed by atoms with Crippen molar-refractivity contribution in [1.82, 2.24) is 19.5 Å². The van der Waals surface area contributed by atoms with E-state index in [1.807, 2.05) is 6.92 Å². The molecule has 6 nitrogen and oxygen atoms in total. The fourth-order valence-electron chi connectivity index (χ4n) is 2.47. The summed E-state index contributed by atoms with van der Waals surface area (Å²) in [6, 6.07) is 1.49. The Hall–Kier alpha value is -1.31. The van der Waals surface area contributed by atoms with Gasteiger partial charge in [0.05, 0.1) is 12.6 Å². The van der Waals surface area contributed by atoms with Crippen molar-refractivity contribution >= 4 is 16.3 Å². The van der Waals surface area contributed by atoms with Gasteiger partial charge in [0, 0.05) is 18.3 Å². The van der Waals surface area contributed by atoms with Crippen LogP contribution in [0.2, 0.25) is 0 Å². The maximum absolute atomic E-state index is 11.8. The first-order valence-corrected chi connectivity index (χ1v) is 7.61. The van der Waals surface area contributed by atoms with Crippen LogP contribution in [0.25, 0.3) is 4.96 Å². The van der Waals surface area contributed by atoms with Crippen LogP contribution in [0.4, 0.5) is 0 Å². The predicted octanol–water partition coefficient (Wildman–Crippen LogP) is 0.662. The molecule has 1 fully saturated rings. The molecule has 3 heterocycles. The minimum Gasteiger partial charge on any atom is -0.392 e. The highest BCUT2D eigenvalue weighted by molar-refractivity contribution is 7.16. The minimum absolute atomic E-state index is 0.137. The number of aromatic nitrogens is 3. The second-order valence-corrected chi connectivity index (χ2v) is 6.53. The number of fused-ring (bicyclic) bond motifs is 1. The highest BCUT2D eigenvalue weighted by Crippen LogP contribution is 2.20. The zero-order valence-electron chi connectivity index (χ0n) is 11.6. The van der Waals surface area contributed by atoms with E-state index < -0.39 is 0 Å². The highest BCUT2D eigenvalue weighted by Gasteiger charge is 2.25. The molecule has 1 saturated heterocycles. The zero-order valence-corrected chi connectivity index (χ0v) is 12.4. The van der Waals surface area contributed by atoms with E-state index in [0.29, 0.717) is 29.7 Å². The average Bonchev–Trinajstić information content (AvgIpc) is 2.76. The van der Waals surface area contributed by atoms with Crippen molar-refractivity contribution in [3.8, 4) is 0 Å². The first kappa shape index (κ1) is 13.7. The fraction of sp³-hybridized carbons (Fsp3) is 0.615. The number of aryl methyl sites for hydroxylation is 1. The number of rotatable bonds is 2.